The second-order valence-corrected chi connectivity index (χ2v) is 8.47. The summed E-state index contributed by atoms with van der Waals surface area (Å²) in [5, 5.41) is 4.95. The maximum Gasteiger partial charge on any atom is 0.262 e. The number of rotatable bonds is 3. The molecule has 3 aromatic heterocycles. The Labute approximate surface area is 162 Å². The fourth-order valence-corrected chi connectivity index (χ4v) is 4.62. The first-order valence-electron chi connectivity index (χ1n) is 10.1. The number of nitrogens with zero attached hydrogens (tertiary/aromatic N) is 4. The van der Waals surface area contributed by atoms with Gasteiger partial charge in [-0.3, -0.25) is 9.78 Å². The molecule has 0 unspecified atom stereocenters. The van der Waals surface area contributed by atoms with Gasteiger partial charge in [0.15, 0.2) is 5.65 Å². The molecule has 2 atom stereocenters. The Kier molecular flexibility index (Phi) is 4.07. The number of nitrogens with one attached hydrogen (secondary N) is 1. The average molecular weight is 381 g/mol. The number of aromatic nitrogens is 5. The normalized spacial score (nSPS) is 30.3. The van der Waals surface area contributed by atoms with Gasteiger partial charge < -0.3 is 4.98 Å². The number of H-pyrrole nitrogens is 1. The van der Waals surface area contributed by atoms with Crippen LogP contribution in [0.25, 0.3) is 11.0 Å². The zero-order valence-corrected chi connectivity index (χ0v) is 15.9. The van der Waals surface area contributed by atoms with Crippen molar-refractivity contribution < 1.29 is 4.39 Å². The maximum atomic E-state index is 14.2. The summed E-state index contributed by atoms with van der Waals surface area (Å²) in [4.78, 5) is 24.9. The Balaban J connectivity index is 1.49. The van der Waals surface area contributed by atoms with Crippen molar-refractivity contribution in [1.82, 2.24) is 24.7 Å². The van der Waals surface area contributed by atoms with Crippen molar-refractivity contribution in [1.29, 1.82) is 0 Å². The molecular formula is C21H24FN5O. The fourth-order valence-electron chi connectivity index (χ4n) is 4.62. The Morgan fingerprint density at radius 2 is 1.96 bits per heavy atom. The molecule has 0 bridgehead atoms. The average Bonchev–Trinajstić information content (AvgIpc) is 3.06. The van der Waals surface area contributed by atoms with Crippen LogP contribution in [-0.4, -0.2) is 30.4 Å². The Morgan fingerprint density at radius 3 is 2.64 bits per heavy atom. The number of pyridine rings is 1. The Bertz CT molecular complexity index is 1050. The van der Waals surface area contributed by atoms with Crippen molar-refractivity contribution in [3.63, 3.8) is 0 Å². The summed E-state index contributed by atoms with van der Waals surface area (Å²) in [6.45, 7) is 1.67. The van der Waals surface area contributed by atoms with E-state index in [1.807, 2.05) is 22.9 Å². The van der Waals surface area contributed by atoms with Gasteiger partial charge in [0.1, 0.15) is 16.9 Å². The molecule has 0 spiro atoms. The monoisotopic (exact) mass is 381 g/mol. The zero-order valence-electron chi connectivity index (χ0n) is 15.9. The van der Waals surface area contributed by atoms with Crippen molar-refractivity contribution in [2.75, 3.05) is 0 Å². The summed E-state index contributed by atoms with van der Waals surface area (Å²) < 4.78 is 16.0. The van der Waals surface area contributed by atoms with E-state index in [2.05, 4.69) is 15.1 Å². The van der Waals surface area contributed by atoms with Gasteiger partial charge in [0, 0.05) is 23.7 Å². The predicted octanol–water partition coefficient (Wildman–Crippen LogP) is 4.02. The van der Waals surface area contributed by atoms with Gasteiger partial charge in [0.25, 0.3) is 5.56 Å². The highest BCUT2D eigenvalue weighted by atomic mass is 19.1. The van der Waals surface area contributed by atoms with E-state index in [4.69, 9.17) is 4.98 Å². The summed E-state index contributed by atoms with van der Waals surface area (Å²) in [6.07, 6.45) is 7.87. The van der Waals surface area contributed by atoms with E-state index in [1.165, 1.54) is 0 Å². The first-order chi connectivity index (χ1) is 13.5. The van der Waals surface area contributed by atoms with Gasteiger partial charge in [-0.2, -0.15) is 5.10 Å². The number of fused-ring (bicyclic) bond motifs is 1. The summed E-state index contributed by atoms with van der Waals surface area (Å²) in [5.41, 5.74) is 0.420. The van der Waals surface area contributed by atoms with Crippen LogP contribution in [-0.2, 0) is 0 Å². The van der Waals surface area contributed by atoms with Crippen LogP contribution in [0.4, 0.5) is 4.39 Å². The first kappa shape index (κ1) is 17.5. The molecule has 2 saturated carbocycles. The van der Waals surface area contributed by atoms with Gasteiger partial charge >= 0.3 is 0 Å². The third-order valence-electron chi connectivity index (χ3n) is 6.52. The highest BCUT2D eigenvalue weighted by Crippen LogP contribution is 2.47. The van der Waals surface area contributed by atoms with E-state index in [0.29, 0.717) is 42.5 Å². The van der Waals surface area contributed by atoms with E-state index in [-0.39, 0.29) is 23.4 Å². The number of halogens is 1. The number of aromatic amines is 1. The van der Waals surface area contributed by atoms with E-state index in [1.54, 1.807) is 19.3 Å². The van der Waals surface area contributed by atoms with Gasteiger partial charge in [-0.05, 0) is 57.6 Å². The van der Waals surface area contributed by atoms with E-state index >= 15 is 0 Å². The third-order valence-corrected chi connectivity index (χ3v) is 6.52. The lowest BCUT2D eigenvalue weighted by atomic mass is 9.71. The molecular weight excluding hydrogens is 357 g/mol. The largest absolute Gasteiger partial charge is 0.310 e. The number of hydrogen-bond acceptors (Lipinski definition) is 4. The molecule has 2 aliphatic carbocycles. The van der Waals surface area contributed by atoms with Gasteiger partial charge in [-0.25, -0.2) is 14.1 Å². The molecule has 2 fully saturated rings. The molecule has 0 aromatic carbocycles. The Hall–Kier alpha value is -2.57. The number of hydrogen-bond donors (Lipinski definition) is 1. The van der Waals surface area contributed by atoms with Crippen molar-refractivity contribution in [2.24, 2.45) is 0 Å². The molecule has 7 heteroatoms. The second-order valence-electron chi connectivity index (χ2n) is 8.47. The molecule has 0 saturated heterocycles. The molecule has 5 rings (SSSR count). The maximum absolute atomic E-state index is 14.2. The molecule has 6 nitrogen and oxygen atoms in total. The molecule has 3 heterocycles. The molecule has 0 aliphatic heterocycles. The summed E-state index contributed by atoms with van der Waals surface area (Å²) in [5.74, 6) is 1.16. The quantitative estimate of drug-likeness (QED) is 0.743. The van der Waals surface area contributed by atoms with Crippen LogP contribution >= 0.6 is 0 Å². The SMILES string of the molecule is CC1(F)CCC(n2ncc3c(=O)[nH]c([C@H]4CC[C@H]4c4ccccn4)nc32)CC1. The molecule has 3 aromatic rings. The van der Waals surface area contributed by atoms with Crippen LogP contribution in [0.3, 0.4) is 0 Å². The summed E-state index contributed by atoms with van der Waals surface area (Å²) >= 11 is 0. The van der Waals surface area contributed by atoms with E-state index in [0.717, 1.165) is 18.5 Å². The minimum atomic E-state index is -1.10. The van der Waals surface area contributed by atoms with Crippen LogP contribution in [0.15, 0.2) is 35.4 Å². The van der Waals surface area contributed by atoms with Gasteiger partial charge in [0.2, 0.25) is 0 Å². The topological polar surface area (TPSA) is 76.5 Å². The standard InChI is InChI=1S/C21H24FN5O/c1-21(22)9-7-13(8-10-21)27-19-16(12-24-27)20(28)26-18(25-19)15-6-5-14(15)17-4-2-3-11-23-17/h2-4,11-15H,5-10H2,1H3,(H,25,26,28)/t13?,14-,15+,21?/m1/s1. The summed E-state index contributed by atoms with van der Waals surface area (Å²) in [6, 6.07) is 6.03. The lowest BCUT2D eigenvalue weighted by Gasteiger charge is -2.35. The van der Waals surface area contributed by atoms with Crippen molar-refractivity contribution in [3.8, 4) is 0 Å². The summed E-state index contributed by atoms with van der Waals surface area (Å²) in [7, 11) is 0. The molecule has 1 N–H and O–H groups in total. The molecule has 146 valence electrons. The van der Waals surface area contributed by atoms with Crippen LogP contribution in [0, 0.1) is 0 Å². The minimum absolute atomic E-state index is 0.0939. The van der Waals surface area contributed by atoms with Gasteiger partial charge in [-0.1, -0.05) is 6.07 Å². The van der Waals surface area contributed by atoms with Gasteiger partial charge in [0.05, 0.1) is 12.2 Å². The van der Waals surface area contributed by atoms with Crippen molar-refractivity contribution in [3.05, 3.63) is 52.5 Å². The van der Waals surface area contributed by atoms with Crippen LogP contribution < -0.4 is 5.56 Å². The zero-order chi connectivity index (χ0) is 19.3. The first-order valence-corrected chi connectivity index (χ1v) is 10.1. The number of alkyl halides is 1. The van der Waals surface area contributed by atoms with Crippen molar-refractivity contribution >= 4 is 11.0 Å². The molecule has 0 radical (unpaired) electrons. The highest BCUT2D eigenvalue weighted by molar-refractivity contribution is 5.73. The lowest BCUT2D eigenvalue weighted by Crippen LogP contribution is -2.29. The lowest BCUT2D eigenvalue weighted by molar-refractivity contribution is 0.103. The fraction of sp³-hybridized carbons (Fsp3) is 0.524. The highest BCUT2D eigenvalue weighted by Gasteiger charge is 2.37. The van der Waals surface area contributed by atoms with Crippen molar-refractivity contribution in [2.45, 2.75) is 69.0 Å². The smallest absolute Gasteiger partial charge is 0.262 e. The predicted molar refractivity (Wildman–Crippen MR) is 104 cm³/mol. The second kappa shape index (κ2) is 6.50. The molecule has 28 heavy (non-hydrogen) atoms. The molecule has 0 amide bonds. The third kappa shape index (κ3) is 2.93. The molecule has 2 aliphatic rings. The van der Waals surface area contributed by atoms with Crippen LogP contribution in [0.5, 0.6) is 0 Å². The Morgan fingerprint density at radius 1 is 1.18 bits per heavy atom. The van der Waals surface area contributed by atoms with E-state index in [9.17, 15) is 9.18 Å². The minimum Gasteiger partial charge on any atom is -0.310 e. The van der Waals surface area contributed by atoms with E-state index < -0.39 is 5.67 Å². The van der Waals surface area contributed by atoms with Gasteiger partial charge in [-0.15, -0.1) is 0 Å². The van der Waals surface area contributed by atoms with Crippen LogP contribution in [0.1, 0.15) is 74.8 Å². The van der Waals surface area contributed by atoms with Crippen LogP contribution in [0.2, 0.25) is 0 Å².